The molecule has 2 heterocycles. The van der Waals surface area contributed by atoms with Gasteiger partial charge >= 0.3 is 0 Å². The largest absolute Gasteiger partial charge is 0.493 e. The highest BCUT2D eigenvalue weighted by Crippen LogP contribution is 2.31. The van der Waals surface area contributed by atoms with Crippen molar-refractivity contribution in [2.24, 2.45) is 0 Å². The van der Waals surface area contributed by atoms with E-state index in [-0.39, 0.29) is 18.8 Å². The van der Waals surface area contributed by atoms with Crippen LogP contribution in [0.25, 0.3) is 5.69 Å². The minimum atomic E-state index is -0.298. The number of aliphatic hydroxyl groups is 1. The van der Waals surface area contributed by atoms with Crippen LogP contribution in [0.4, 0.5) is 0 Å². The third kappa shape index (κ3) is 5.33. The van der Waals surface area contributed by atoms with Gasteiger partial charge in [0.05, 0.1) is 25.1 Å². The molecule has 2 aromatic carbocycles. The van der Waals surface area contributed by atoms with Crippen LogP contribution >= 0.6 is 11.6 Å². The normalized spacial score (nSPS) is 15.4. The summed E-state index contributed by atoms with van der Waals surface area (Å²) in [6.07, 6.45) is 1.58. The minimum absolute atomic E-state index is 0.0888. The molecule has 7 nitrogen and oxygen atoms in total. The Bertz CT molecular complexity index is 1070. The second kappa shape index (κ2) is 10.6. The number of para-hydroxylation sites is 1. The second-order valence-corrected chi connectivity index (χ2v) is 8.64. The van der Waals surface area contributed by atoms with Crippen molar-refractivity contribution in [2.75, 3.05) is 26.9 Å². The standard InChI is InChI=1S/C25H30ClN3O4/c1-18-21(24(26)29(28-18)20-6-4-3-5-7-20)16-33-22-9-8-19(14-23(22)31-2)15-27-25(17-30)10-12-32-13-11-25/h3-9,14,27,30H,10-13,15-17H2,1-2H3. The summed E-state index contributed by atoms with van der Waals surface area (Å²) in [6.45, 7) is 4.22. The molecule has 176 valence electrons. The van der Waals surface area contributed by atoms with Crippen LogP contribution in [-0.4, -0.2) is 47.4 Å². The van der Waals surface area contributed by atoms with Crippen LogP contribution < -0.4 is 14.8 Å². The van der Waals surface area contributed by atoms with Crippen LogP contribution in [0.2, 0.25) is 5.15 Å². The van der Waals surface area contributed by atoms with E-state index < -0.39 is 0 Å². The molecule has 0 amide bonds. The number of nitrogens with zero attached hydrogens (tertiary/aromatic N) is 2. The Morgan fingerprint density at radius 2 is 1.91 bits per heavy atom. The molecule has 0 atom stereocenters. The van der Waals surface area contributed by atoms with Crippen LogP contribution in [0.5, 0.6) is 11.5 Å². The van der Waals surface area contributed by atoms with Crippen molar-refractivity contribution in [3.05, 3.63) is 70.5 Å². The molecule has 2 N–H and O–H groups in total. The van der Waals surface area contributed by atoms with Gasteiger partial charge in [-0.25, -0.2) is 4.68 Å². The van der Waals surface area contributed by atoms with Crippen molar-refractivity contribution in [2.45, 2.75) is 38.5 Å². The first-order valence-corrected chi connectivity index (χ1v) is 11.5. The third-order valence-electron chi connectivity index (χ3n) is 6.14. The quantitative estimate of drug-likeness (QED) is 0.490. The maximum atomic E-state index is 9.88. The highest BCUT2D eigenvalue weighted by Gasteiger charge is 2.31. The highest BCUT2D eigenvalue weighted by atomic mass is 35.5. The molecular weight excluding hydrogens is 442 g/mol. The molecule has 1 aliphatic heterocycles. The van der Waals surface area contributed by atoms with Gasteiger partial charge in [0.1, 0.15) is 11.8 Å². The van der Waals surface area contributed by atoms with Gasteiger partial charge in [-0.05, 0) is 49.6 Å². The zero-order chi connectivity index (χ0) is 23.3. The lowest BCUT2D eigenvalue weighted by atomic mass is 9.90. The predicted octanol–water partition coefficient (Wildman–Crippen LogP) is 4.05. The molecule has 0 saturated carbocycles. The van der Waals surface area contributed by atoms with E-state index in [1.54, 1.807) is 11.8 Å². The summed E-state index contributed by atoms with van der Waals surface area (Å²) in [5, 5.41) is 18.5. The zero-order valence-electron chi connectivity index (χ0n) is 19.0. The number of ether oxygens (including phenoxy) is 3. The molecule has 1 saturated heterocycles. The fourth-order valence-corrected chi connectivity index (χ4v) is 4.30. The van der Waals surface area contributed by atoms with E-state index >= 15 is 0 Å². The molecule has 3 aromatic rings. The summed E-state index contributed by atoms with van der Waals surface area (Å²) in [5.41, 5.74) is 3.29. The average Bonchev–Trinajstić information content (AvgIpc) is 3.15. The van der Waals surface area contributed by atoms with Crippen LogP contribution in [0.1, 0.15) is 29.7 Å². The van der Waals surface area contributed by atoms with E-state index in [1.807, 2.05) is 55.5 Å². The Morgan fingerprint density at radius 3 is 2.61 bits per heavy atom. The van der Waals surface area contributed by atoms with Gasteiger partial charge in [-0.15, -0.1) is 0 Å². The Labute approximate surface area is 199 Å². The predicted molar refractivity (Wildman–Crippen MR) is 127 cm³/mol. The molecule has 1 aromatic heterocycles. The topological polar surface area (TPSA) is 77.8 Å². The smallest absolute Gasteiger partial charge is 0.161 e. The molecule has 0 unspecified atom stereocenters. The van der Waals surface area contributed by atoms with E-state index in [0.29, 0.717) is 36.4 Å². The third-order valence-corrected chi connectivity index (χ3v) is 6.53. The molecule has 4 rings (SSSR count). The van der Waals surface area contributed by atoms with Gasteiger partial charge in [-0.2, -0.15) is 5.10 Å². The fraction of sp³-hybridized carbons (Fsp3) is 0.400. The highest BCUT2D eigenvalue weighted by molar-refractivity contribution is 6.30. The number of hydrogen-bond acceptors (Lipinski definition) is 6. The molecular formula is C25H30ClN3O4. The van der Waals surface area contributed by atoms with Gasteiger partial charge in [0.15, 0.2) is 11.5 Å². The van der Waals surface area contributed by atoms with E-state index in [2.05, 4.69) is 10.4 Å². The number of aromatic nitrogens is 2. The lowest BCUT2D eigenvalue weighted by Gasteiger charge is -2.36. The molecule has 33 heavy (non-hydrogen) atoms. The average molecular weight is 472 g/mol. The van der Waals surface area contributed by atoms with Crippen LogP contribution in [0, 0.1) is 6.92 Å². The zero-order valence-corrected chi connectivity index (χ0v) is 19.8. The van der Waals surface area contributed by atoms with Gasteiger partial charge in [0.25, 0.3) is 0 Å². The van der Waals surface area contributed by atoms with Gasteiger partial charge in [0, 0.05) is 30.9 Å². The number of methoxy groups -OCH3 is 1. The van der Waals surface area contributed by atoms with Gasteiger partial charge in [-0.3, -0.25) is 0 Å². The van der Waals surface area contributed by atoms with Crippen LogP contribution in [-0.2, 0) is 17.9 Å². The summed E-state index contributed by atoms with van der Waals surface area (Å²) >= 11 is 6.62. The second-order valence-electron chi connectivity index (χ2n) is 8.28. The Kier molecular flexibility index (Phi) is 7.55. The number of nitrogens with one attached hydrogen (secondary N) is 1. The van der Waals surface area contributed by atoms with E-state index in [1.165, 1.54) is 0 Å². The first-order chi connectivity index (χ1) is 16.0. The first-order valence-electron chi connectivity index (χ1n) is 11.1. The lowest BCUT2D eigenvalue weighted by Crippen LogP contribution is -2.51. The molecule has 1 fully saturated rings. The molecule has 0 radical (unpaired) electrons. The summed E-state index contributed by atoms with van der Waals surface area (Å²) in [7, 11) is 1.62. The number of hydrogen-bond donors (Lipinski definition) is 2. The molecule has 0 spiro atoms. The van der Waals surface area contributed by atoms with Gasteiger partial charge in [-0.1, -0.05) is 35.9 Å². The Balaban J connectivity index is 1.44. The maximum Gasteiger partial charge on any atom is 0.161 e. The van der Waals surface area contributed by atoms with E-state index in [9.17, 15) is 5.11 Å². The molecule has 1 aliphatic rings. The van der Waals surface area contributed by atoms with Crippen molar-refractivity contribution < 1.29 is 19.3 Å². The van der Waals surface area contributed by atoms with E-state index in [4.69, 9.17) is 25.8 Å². The number of halogens is 1. The number of aryl methyl sites for hydroxylation is 1. The summed E-state index contributed by atoms with van der Waals surface area (Å²) in [4.78, 5) is 0. The summed E-state index contributed by atoms with van der Waals surface area (Å²) < 4.78 is 18.8. The number of rotatable bonds is 9. The fourth-order valence-electron chi connectivity index (χ4n) is 3.97. The van der Waals surface area contributed by atoms with Gasteiger partial charge in [0.2, 0.25) is 0 Å². The number of benzene rings is 2. The number of aliphatic hydroxyl groups excluding tert-OH is 1. The molecule has 0 aliphatic carbocycles. The maximum absolute atomic E-state index is 9.88. The van der Waals surface area contributed by atoms with Crippen LogP contribution in [0.15, 0.2) is 48.5 Å². The minimum Gasteiger partial charge on any atom is -0.493 e. The SMILES string of the molecule is COc1cc(CNC2(CO)CCOCC2)ccc1OCc1c(C)nn(-c2ccccc2)c1Cl. The van der Waals surface area contributed by atoms with Crippen molar-refractivity contribution in [1.82, 2.24) is 15.1 Å². The van der Waals surface area contributed by atoms with Crippen molar-refractivity contribution in [3.63, 3.8) is 0 Å². The lowest BCUT2D eigenvalue weighted by molar-refractivity contribution is 0.0111. The Hall–Kier alpha value is -2.58. The molecule has 0 bridgehead atoms. The summed E-state index contributed by atoms with van der Waals surface area (Å²) in [6, 6.07) is 15.6. The monoisotopic (exact) mass is 471 g/mol. The summed E-state index contributed by atoms with van der Waals surface area (Å²) in [5.74, 6) is 1.27. The van der Waals surface area contributed by atoms with Crippen molar-refractivity contribution >= 4 is 11.6 Å². The van der Waals surface area contributed by atoms with Crippen molar-refractivity contribution in [3.8, 4) is 17.2 Å². The van der Waals surface area contributed by atoms with E-state index in [0.717, 1.165) is 35.3 Å². The first kappa shape index (κ1) is 23.6. The Morgan fingerprint density at radius 1 is 1.15 bits per heavy atom. The van der Waals surface area contributed by atoms with Gasteiger partial charge < -0.3 is 24.6 Å². The molecule has 8 heteroatoms. The van der Waals surface area contributed by atoms with Crippen LogP contribution in [0.3, 0.4) is 0 Å². The van der Waals surface area contributed by atoms with Crippen molar-refractivity contribution in [1.29, 1.82) is 0 Å².